The molecule has 266 valence electrons. The van der Waals surface area contributed by atoms with Crippen molar-refractivity contribution in [1.29, 1.82) is 0 Å². The highest BCUT2D eigenvalue weighted by molar-refractivity contribution is 6.07. The Labute approximate surface area is 327 Å². The van der Waals surface area contributed by atoms with E-state index in [4.69, 9.17) is 4.42 Å². The molecule has 0 aliphatic heterocycles. The van der Waals surface area contributed by atoms with Crippen LogP contribution in [0.4, 0.5) is 11.4 Å². The number of rotatable bonds is 8. The largest absolute Gasteiger partial charge is 0.456 e. The zero-order valence-corrected chi connectivity index (χ0v) is 30.9. The Morgan fingerprint density at radius 1 is 0.375 bits per heavy atom. The van der Waals surface area contributed by atoms with Crippen LogP contribution in [0.2, 0.25) is 0 Å². The first-order valence-electron chi connectivity index (χ1n) is 19.3. The van der Waals surface area contributed by atoms with Crippen LogP contribution in [-0.4, -0.2) is 6.04 Å². The molecule has 0 saturated carbocycles. The summed E-state index contributed by atoms with van der Waals surface area (Å²) in [5.41, 5.74) is 16.2. The summed E-state index contributed by atoms with van der Waals surface area (Å²) in [5, 5.41) is 2.27. The van der Waals surface area contributed by atoms with Gasteiger partial charge in [-0.05, 0) is 111 Å². The molecule has 9 aromatic rings. The number of allylic oxidation sites excluding steroid dienone is 2. The molecule has 1 unspecified atom stereocenters. The predicted octanol–water partition coefficient (Wildman–Crippen LogP) is 14.8. The fourth-order valence-corrected chi connectivity index (χ4v) is 8.06. The topological polar surface area (TPSA) is 16.4 Å². The molecule has 1 aliphatic rings. The van der Waals surface area contributed by atoms with E-state index in [9.17, 15) is 0 Å². The van der Waals surface area contributed by atoms with Crippen LogP contribution >= 0.6 is 0 Å². The number of hydrogen-bond acceptors (Lipinski definition) is 2. The smallest absolute Gasteiger partial charge is 0.135 e. The molecule has 56 heavy (non-hydrogen) atoms. The third-order valence-electron chi connectivity index (χ3n) is 11.0. The normalized spacial score (nSPS) is 13.9. The van der Waals surface area contributed by atoms with Crippen molar-refractivity contribution in [2.45, 2.75) is 12.5 Å². The minimum absolute atomic E-state index is 0.185. The highest BCUT2D eigenvalue weighted by Gasteiger charge is 2.21. The van der Waals surface area contributed by atoms with Crippen LogP contribution in [0.3, 0.4) is 0 Å². The molecule has 0 amide bonds. The molecule has 0 spiro atoms. The summed E-state index contributed by atoms with van der Waals surface area (Å²) < 4.78 is 6.24. The van der Waals surface area contributed by atoms with Gasteiger partial charge in [0.25, 0.3) is 0 Å². The lowest BCUT2D eigenvalue weighted by atomic mass is 9.95. The minimum atomic E-state index is 0.185. The highest BCUT2D eigenvalue weighted by Crippen LogP contribution is 2.38. The Kier molecular flexibility index (Phi) is 8.70. The first-order chi connectivity index (χ1) is 27.7. The number of benzene rings is 8. The van der Waals surface area contributed by atoms with Gasteiger partial charge in [-0.1, -0.05) is 170 Å². The average Bonchev–Trinajstić information content (AvgIpc) is 3.65. The quantitative estimate of drug-likeness (QED) is 0.156. The maximum absolute atomic E-state index is 6.24. The highest BCUT2D eigenvalue weighted by atomic mass is 16.3. The van der Waals surface area contributed by atoms with Gasteiger partial charge in [-0.25, -0.2) is 0 Å². The molecule has 0 N–H and O–H groups in total. The third kappa shape index (κ3) is 6.52. The first kappa shape index (κ1) is 33.4. The molecule has 0 saturated heterocycles. The van der Waals surface area contributed by atoms with E-state index in [-0.39, 0.29) is 6.04 Å². The molecule has 1 heterocycles. The van der Waals surface area contributed by atoms with E-state index in [0.29, 0.717) is 0 Å². The van der Waals surface area contributed by atoms with Gasteiger partial charge in [0, 0.05) is 22.1 Å². The van der Waals surface area contributed by atoms with Crippen molar-refractivity contribution < 1.29 is 4.42 Å². The average molecular weight is 718 g/mol. The van der Waals surface area contributed by atoms with Crippen molar-refractivity contribution in [3.8, 4) is 44.5 Å². The van der Waals surface area contributed by atoms with Crippen LogP contribution < -0.4 is 4.90 Å². The van der Waals surface area contributed by atoms with Gasteiger partial charge < -0.3 is 9.32 Å². The molecule has 8 aromatic carbocycles. The lowest BCUT2D eigenvalue weighted by molar-refractivity contribution is 0.669. The summed E-state index contributed by atoms with van der Waals surface area (Å²) in [6.45, 7) is 0. The van der Waals surface area contributed by atoms with Crippen LogP contribution in [0, 0.1) is 0 Å². The van der Waals surface area contributed by atoms with E-state index in [1.807, 2.05) is 0 Å². The van der Waals surface area contributed by atoms with Gasteiger partial charge in [0.2, 0.25) is 0 Å². The molecule has 10 rings (SSSR count). The zero-order chi connectivity index (χ0) is 37.3. The third-order valence-corrected chi connectivity index (χ3v) is 11.0. The Hall–Kier alpha value is -7.16. The molecule has 1 atom stereocenters. The standard InChI is InChI=1S/C54H39NO/c1-4-10-38(11-5-1)42-20-28-48(29-21-42)55(49-30-22-43(23-31-49)39-12-6-2-7-13-39)50-32-24-44(25-33-50)41-16-18-45(19-17-41)47-27-35-54-52(37-47)51-36-46(26-34-53(51)56-54)40-14-8-3-9-15-40/h1-30,32-37,49H,31H2. The van der Waals surface area contributed by atoms with Gasteiger partial charge in [0.05, 0.1) is 6.04 Å². The van der Waals surface area contributed by atoms with E-state index in [2.05, 4.69) is 223 Å². The van der Waals surface area contributed by atoms with Crippen LogP contribution in [0.1, 0.15) is 12.0 Å². The summed E-state index contributed by atoms with van der Waals surface area (Å²) in [4.78, 5) is 2.47. The number of fused-ring (bicyclic) bond motifs is 3. The molecule has 2 nitrogen and oxygen atoms in total. The van der Waals surface area contributed by atoms with Crippen molar-refractivity contribution in [3.05, 3.63) is 224 Å². The number of hydrogen-bond donors (Lipinski definition) is 0. The minimum Gasteiger partial charge on any atom is -0.456 e. The lowest BCUT2D eigenvalue weighted by Gasteiger charge is -2.33. The SMILES string of the molecule is C1=CC(N(c2ccc(-c3ccccc3)cc2)c2ccc(-c3ccc(-c4ccc5oc6ccc(-c7ccccc7)cc6c5c4)cc3)cc2)CC=C1c1ccccc1. The van der Waals surface area contributed by atoms with E-state index >= 15 is 0 Å². The summed E-state index contributed by atoms with van der Waals surface area (Å²) in [7, 11) is 0. The Morgan fingerprint density at radius 2 is 0.750 bits per heavy atom. The van der Waals surface area contributed by atoms with Crippen LogP contribution in [0.15, 0.2) is 223 Å². The summed E-state index contributed by atoms with van der Waals surface area (Å²) in [6, 6.07) is 71.9. The Bertz CT molecular complexity index is 2830. The van der Waals surface area contributed by atoms with Crippen molar-refractivity contribution in [3.63, 3.8) is 0 Å². The summed E-state index contributed by atoms with van der Waals surface area (Å²) in [6.07, 6.45) is 7.92. The Balaban J connectivity index is 0.928. The summed E-state index contributed by atoms with van der Waals surface area (Å²) in [5.74, 6) is 0. The molecule has 2 heteroatoms. The van der Waals surface area contributed by atoms with Gasteiger partial charge in [-0.3, -0.25) is 0 Å². The van der Waals surface area contributed by atoms with Crippen LogP contribution in [0.25, 0.3) is 72.0 Å². The van der Waals surface area contributed by atoms with Crippen LogP contribution in [-0.2, 0) is 0 Å². The number of anilines is 2. The molecule has 0 fully saturated rings. The van der Waals surface area contributed by atoms with Crippen molar-refractivity contribution in [2.24, 2.45) is 0 Å². The number of furan rings is 1. The van der Waals surface area contributed by atoms with Gasteiger partial charge in [0.15, 0.2) is 0 Å². The van der Waals surface area contributed by atoms with Crippen molar-refractivity contribution in [1.82, 2.24) is 0 Å². The van der Waals surface area contributed by atoms with Gasteiger partial charge in [-0.2, -0.15) is 0 Å². The number of nitrogens with zero attached hydrogens (tertiary/aromatic N) is 1. The molecule has 1 aromatic heterocycles. The van der Waals surface area contributed by atoms with E-state index < -0.39 is 0 Å². The van der Waals surface area contributed by atoms with Gasteiger partial charge in [0.1, 0.15) is 11.2 Å². The second-order valence-electron chi connectivity index (χ2n) is 14.5. The van der Waals surface area contributed by atoms with Crippen LogP contribution in [0.5, 0.6) is 0 Å². The van der Waals surface area contributed by atoms with Gasteiger partial charge >= 0.3 is 0 Å². The second-order valence-corrected chi connectivity index (χ2v) is 14.5. The van der Waals surface area contributed by atoms with E-state index in [1.165, 1.54) is 67.0 Å². The monoisotopic (exact) mass is 717 g/mol. The fraction of sp³-hybridized carbons (Fsp3) is 0.0370. The molecule has 0 radical (unpaired) electrons. The maximum atomic E-state index is 6.24. The van der Waals surface area contributed by atoms with E-state index in [0.717, 1.165) is 28.4 Å². The van der Waals surface area contributed by atoms with Crippen molar-refractivity contribution >= 4 is 38.9 Å². The summed E-state index contributed by atoms with van der Waals surface area (Å²) >= 11 is 0. The molecule has 1 aliphatic carbocycles. The molecular formula is C54H39NO. The van der Waals surface area contributed by atoms with Crippen molar-refractivity contribution in [2.75, 3.05) is 4.90 Å². The zero-order valence-electron chi connectivity index (χ0n) is 30.9. The lowest BCUT2D eigenvalue weighted by Crippen LogP contribution is -2.30. The second kappa shape index (κ2) is 14.6. The predicted molar refractivity (Wildman–Crippen MR) is 236 cm³/mol. The Morgan fingerprint density at radius 3 is 1.20 bits per heavy atom. The fourth-order valence-electron chi connectivity index (χ4n) is 8.06. The first-order valence-corrected chi connectivity index (χ1v) is 19.3. The van der Waals surface area contributed by atoms with E-state index in [1.54, 1.807) is 0 Å². The molecular weight excluding hydrogens is 679 g/mol. The molecule has 0 bridgehead atoms. The van der Waals surface area contributed by atoms with Gasteiger partial charge in [-0.15, -0.1) is 0 Å². The maximum Gasteiger partial charge on any atom is 0.135 e.